The summed E-state index contributed by atoms with van der Waals surface area (Å²) < 4.78 is 0. The molecular formula is C9H17NO. The first-order chi connectivity index (χ1) is 5.33. The van der Waals surface area contributed by atoms with Crippen molar-refractivity contribution in [3.63, 3.8) is 0 Å². The number of nitrogens with one attached hydrogen (secondary N) is 1. The van der Waals surface area contributed by atoms with Crippen LogP contribution in [0.4, 0.5) is 0 Å². The molecule has 0 saturated heterocycles. The van der Waals surface area contributed by atoms with Crippen molar-refractivity contribution in [1.29, 1.82) is 0 Å². The lowest BCUT2D eigenvalue weighted by Crippen LogP contribution is -2.18. The summed E-state index contributed by atoms with van der Waals surface area (Å²) in [5.74, 6) is 1.27. The van der Waals surface area contributed by atoms with Crippen LogP contribution in [0.1, 0.15) is 32.1 Å². The van der Waals surface area contributed by atoms with Crippen LogP contribution >= 0.6 is 0 Å². The van der Waals surface area contributed by atoms with Gasteiger partial charge in [-0.15, -0.1) is 0 Å². The second kappa shape index (κ2) is 4.50. The molecule has 0 unspecified atom stereocenters. The van der Waals surface area contributed by atoms with Crippen molar-refractivity contribution < 1.29 is 4.79 Å². The van der Waals surface area contributed by atoms with E-state index in [9.17, 15) is 4.79 Å². The number of Topliss-reactive ketones (excluding diaryl/α,β-unsaturated/α-hetero) is 1. The summed E-state index contributed by atoms with van der Waals surface area (Å²) in [5, 5.41) is 3.14. The average molecular weight is 155 g/mol. The molecule has 1 aliphatic carbocycles. The largest absolute Gasteiger partial charge is 0.320 e. The summed E-state index contributed by atoms with van der Waals surface area (Å²) in [5.41, 5.74) is 0. The van der Waals surface area contributed by atoms with Crippen molar-refractivity contribution in [3.05, 3.63) is 0 Å². The maximum Gasteiger partial charge on any atom is 0.132 e. The van der Waals surface area contributed by atoms with E-state index in [1.807, 2.05) is 7.05 Å². The first-order valence-corrected chi connectivity index (χ1v) is 4.49. The van der Waals surface area contributed by atoms with Gasteiger partial charge in [0.2, 0.25) is 0 Å². The molecule has 11 heavy (non-hydrogen) atoms. The Bertz CT molecular complexity index is 124. The Labute approximate surface area is 68.4 Å². The van der Waals surface area contributed by atoms with Gasteiger partial charge in [0, 0.05) is 12.8 Å². The van der Waals surface area contributed by atoms with Crippen molar-refractivity contribution in [3.8, 4) is 0 Å². The first kappa shape index (κ1) is 8.72. The highest BCUT2D eigenvalue weighted by Gasteiger charge is 2.17. The van der Waals surface area contributed by atoms with Crippen LogP contribution < -0.4 is 5.32 Å². The SMILES string of the molecule is CNCCC1CCC(=O)CC1. The molecule has 1 aliphatic rings. The molecule has 0 aliphatic heterocycles. The number of rotatable bonds is 3. The van der Waals surface area contributed by atoms with E-state index in [1.165, 1.54) is 6.42 Å². The lowest BCUT2D eigenvalue weighted by atomic mass is 9.86. The highest BCUT2D eigenvalue weighted by molar-refractivity contribution is 5.78. The predicted octanol–water partition coefficient (Wildman–Crippen LogP) is 1.36. The second-order valence-corrected chi connectivity index (χ2v) is 3.37. The summed E-state index contributed by atoms with van der Waals surface area (Å²) in [6, 6.07) is 0. The third-order valence-electron chi connectivity index (χ3n) is 2.47. The normalized spacial score (nSPS) is 20.6. The number of carbonyl (C=O) groups excluding carboxylic acids is 1. The fourth-order valence-electron chi connectivity index (χ4n) is 1.64. The molecule has 0 atom stereocenters. The van der Waals surface area contributed by atoms with Crippen LogP contribution in [0.25, 0.3) is 0 Å². The third kappa shape index (κ3) is 3.02. The summed E-state index contributed by atoms with van der Waals surface area (Å²) >= 11 is 0. The minimum Gasteiger partial charge on any atom is -0.320 e. The monoisotopic (exact) mass is 155 g/mol. The van der Waals surface area contributed by atoms with Gasteiger partial charge >= 0.3 is 0 Å². The Kier molecular flexibility index (Phi) is 3.57. The molecule has 0 heterocycles. The fourth-order valence-corrected chi connectivity index (χ4v) is 1.64. The molecule has 0 aromatic heterocycles. The molecule has 2 heteroatoms. The maximum atomic E-state index is 10.9. The predicted molar refractivity (Wildman–Crippen MR) is 45.5 cm³/mol. The van der Waals surface area contributed by atoms with E-state index in [2.05, 4.69) is 5.32 Å². The Balaban J connectivity index is 2.12. The zero-order chi connectivity index (χ0) is 8.10. The smallest absolute Gasteiger partial charge is 0.132 e. The Morgan fingerprint density at radius 2 is 2.09 bits per heavy atom. The van der Waals surface area contributed by atoms with E-state index < -0.39 is 0 Å². The zero-order valence-electron chi connectivity index (χ0n) is 7.23. The lowest BCUT2D eigenvalue weighted by molar-refractivity contribution is -0.121. The number of ketones is 1. The van der Waals surface area contributed by atoms with Gasteiger partial charge in [-0.2, -0.15) is 0 Å². The van der Waals surface area contributed by atoms with E-state index >= 15 is 0 Å². The van der Waals surface area contributed by atoms with Gasteiger partial charge in [-0.1, -0.05) is 0 Å². The molecule has 0 aromatic carbocycles. The molecule has 0 spiro atoms. The lowest BCUT2D eigenvalue weighted by Gasteiger charge is -2.20. The molecule has 1 saturated carbocycles. The number of carbonyl (C=O) groups is 1. The molecule has 1 N–H and O–H groups in total. The molecule has 0 aromatic rings. The van der Waals surface area contributed by atoms with Gasteiger partial charge in [-0.25, -0.2) is 0 Å². The molecular weight excluding hydrogens is 138 g/mol. The second-order valence-electron chi connectivity index (χ2n) is 3.37. The van der Waals surface area contributed by atoms with Crippen molar-refractivity contribution in [2.75, 3.05) is 13.6 Å². The van der Waals surface area contributed by atoms with Crippen LogP contribution in [0.3, 0.4) is 0 Å². The highest BCUT2D eigenvalue weighted by atomic mass is 16.1. The maximum absolute atomic E-state index is 10.9. The molecule has 1 rings (SSSR count). The molecule has 0 bridgehead atoms. The Morgan fingerprint density at radius 1 is 1.45 bits per heavy atom. The van der Waals surface area contributed by atoms with Crippen LogP contribution in [0.2, 0.25) is 0 Å². The highest BCUT2D eigenvalue weighted by Crippen LogP contribution is 2.23. The summed E-state index contributed by atoms with van der Waals surface area (Å²) in [7, 11) is 1.98. The molecule has 1 fully saturated rings. The fraction of sp³-hybridized carbons (Fsp3) is 0.889. The first-order valence-electron chi connectivity index (χ1n) is 4.49. The van der Waals surface area contributed by atoms with E-state index in [0.29, 0.717) is 5.78 Å². The molecule has 0 amide bonds. The van der Waals surface area contributed by atoms with Crippen LogP contribution in [0.5, 0.6) is 0 Å². The third-order valence-corrected chi connectivity index (χ3v) is 2.47. The van der Waals surface area contributed by atoms with E-state index in [1.54, 1.807) is 0 Å². The van der Waals surface area contributed by atoms with Gasteiger partial charge in [0.05, 0.1) is 0 Å². The number of hydrogen-bond donors (Lipinski definition) is 1. The Morgan fingerprint density at radius 3 is 2.64 bits per heavy atom. The zero-order valence-corrected chi connectivity index (χ0v) is 7.23. The Hall–Kier alpha value is -0.370. The van der Waals surface area contributed by atoms with E-state index in [-0.39, 0.29) is 0 Å². The van der Waals surface area contributed by atoms with Gasteiger partial charge in [-0.3, -0.25) is 4.79 Å². The van der Waals surface area contributed by atoms with Gasteiger partial charge in [0.25, 0.3) is 0 Å². The van der Waals surface area contributed by atoms with Crippen molar-refractivity contribution in [2.24, 2.45) is 5.92 Å². The minimum atomic E-state index is 0.464. The van der Waals surface area contributed by atoms with Crippen molar-refractivity contribution in [2.45, 2.75) is 32.1 Å². The van der Waals surface area contributed by atoms with Crippen LogP contribution in [-0.2, 0) is 4.79 Å². The van der Waals surface area contributed by atoms with Gasteiger partial charge in [-0.05, 0) is 38.8 Å². The minimum absolute atomic E-state index is 0.464. The van der Waals surface area contributed by atoms with Crippen molar-refractivity contribution in [1.82, 2.24) is 5.32 Å². The quantitative estimate of drug-likeness (QED) is 0.666. The van der Waals surface area contributed by atoms with Gasteiger partial charge in [0.15, 0.2) is 0 Å². The summed E-state index contributed by atoms with van der Waals surface area (Å²) in [6.07, 6.45) is 5.15. The van der Waals surface area contributed by atoms with Gasteiger partial charge in [0.1, 0.15) is 5.78 Å². The molecule has 0 radical (unpaired) electrons. The number of hydrogen-bond acceptors (Lipinski definition) is 2. The average Bonchev–Trinajstić information content (AvgIpc) is 2.04. The van der Waals surface area contributed by atoms with Crippen LogP contribution in [0, 0.1) is 5.92 Å². The van der Waals surface area contributed by atoms with Crippen molar-refractivity contribution >= 4 is 5.78 Å². The molecule has 2 nitrogen and oxygen atoms in total. The van der Waals surface area contributed by atoms with Crippen LogP contribution in [-0.4, -0.2) is 19.4 Å². The summed E-state index contributed by atoms with van der Waals surface area (Å²) in [6.45, 7) is 1.10. The van der Waals surface area contributed by atoms with Crippen LogP contribution in [0.15, 0.2) is 0 Å². The molecule has 64 valence electrons. The van der Waals surface area contributed by atoms with E-state index in [0.717, 1.165) is 38.1 Å². The van der Waals surface area contributed by atoms with Gasteiger partial charge < -0.3 is 5.32 Å². The summed E-state index contributed by atoms with van der Waals surface area (Å²) in [4.78, 5) is 10.9. The topological polar surface area (TPSA) is 29.1 Å². The van der Waals surface area contributed by atoms with E-state index in [4.69, 9.17) is 0 Å². The standard InChI is InChI=1S/C9H17NO/c1-10-7-6-8-2-4-9(11)5-3-8/h8,10H,2-7H2,1H3.